The Morgan fingerprint density at radius 1 is 1.43 bits per heavy atom. The van der Waals surface area contributed by atoms with E-state index in [-0.39, 0.29) is 18.4 Å². The van der Waals surface area contributed by atoms with Crippen LogP contribution < -0.4 is 5.32 Å². The summed E-state index contributed by atoms with van der Waals surface area (Å²) in [5, 5.41) is 6.67. The molecule has 0 saturated carbocycles. The number of nitrogens with zero attached hydrogens (tertiary/aromatic N) is 4. The van der Waals surface area contributed by atoms with E-state index in [1.165, 1.54) is 0 Å². The van der Waals surface area contributed by atoms with E-state index in [9.17, 15) is 9.59 Å². The van der Waals surface area contributed by atoms with E-state index in [2.05, 4.69) is 20.4 Å². The van der Waals surface area contributed by atoms with Crippen LogP contribution in [0.3, 0.4) is 0 Å². The Labute approximate surface area is 132 Å². The van der Waals surface area contributed by atoms with Gasteiger partial charge in [0, 0.05) is 30.9 Å². The Kier molecular flexibility index (Phi) is 4.31. The molecule has 0 radical (unpaired) electrons. The van der Waals surface area contributed by atoms with Gasteiger partial charge in [0.2, 0.25) is 23.5 Å². The van der Waals surface area contributed by atoms with E-state index in [0.717, 1.165) is 12.0 Å². The lowest BCUT2D eigenvalue weighted by Crippen LogP contribution is -2.38. The molecule has 1 aliphatic heterocycles. The smallest absolute Gasteiger partial charge is 0.249 e. The molecule has 2 aromatic rings. The van der Waals surface area contributed by atoms with Crippen LogP contribution in [0.1, 0.15) is 31.7 Å². The second kappa shape index (κ2) is 6.55. The SMILES string of the molecule is C[C@H](NC(=O)CN1CCCC1=O)c1nc(-c2ccncc2)no1. The summed E-state index contributed by atoms with van der Waals surface area (Å²) in [6, 6.07) is 3.12. The molecule has 0 aromatic carbocycles. The number of nitrogens with one attached hydrogen (secondary N) is 1. The van der Waals surface area contributed by atoms with E-state index in [1.54, 1.807) is 36.4 Å². The number of likely N-dealkylation sites (tertiary alicyclic amines) is 1. The quantitative estimate of drug-likeness (QED) is 0.881. The molecule has 1 aliphatic rings. The number of pyridine rings is 1. The zero-order valence-electron chi connectivity index (χ0n) is 12.7. The average molecular weight is 315 g/mol. The van der Waals surface area contributed by atoms with Crippen LogP contribution in [0.15, 0.2) is 29.0 Å². The van der Waals surface area contributed by atoms with Crippen LogP contribution in [0.2, 0.25) is 0 Å². The topological polar surface area (TPSA) is 101 Å². The first-order valence-corrected chi connectivity index (χ1v) is 7.44. The van der Waals surface area contributed by atoms with Crippen molar-refractivity contribution in [1.82, 2.24) is 25.3 Å². The predicted octanol–water partition coefficient (Wildman–Crippen LogP) is 0.931. The second-order valence-electron chi connectivity index (χ2n) is 5.40. The molecular weight excluding hydrogens is 298 g/mol. The van der Waals surface area contributed by atoms with E-state index in [0.29, 0.717) is 24.7 Å². The number of hydrogen-bond donors (Lipinski definition) is 1. The molecule has 0 aliphatic carbocycles. The van der Waals surface area contributed by atoms with Crippen LogP contribution in [-0.2, 0) is 9.59 Å². The first-order chi connectivity index (χ1) is 11.1. The molecular formula is C15H17N5O3. The van der Waals surface area contributed by atoms with Crippen molar-refractivity contribution in [2.45, 2.75) is 25.8 Å². The molecule has 120 valence electrons. The van der Waals surface area contributed by atoms with Gasteiger partial charge in [-0.3, -0.25) is 14.6 Å². The second-order valence-corrected chi connectivity index (χ2v) is 5.40. The third-order valence-corrected chi connectivity index (χ3v) is 3.63. The van der Waals surface area contributed by atoms with Gasteiger partial charge in [-0.15, -0.1) is 0 Å². The minimum absolute atomic E-state index is 0.0190. The molecule has 1 atom stereocenters. The van der Waals surface area contributed by atoms with Gasteiger partial charge in [0.25, 0.3) is 0 Å². The average Bonchev–Trinajstić information content (AvgIpc) is 3.18. The van der Waals surface area contributed by atoms with Gasteiger partial charge in [-0.05, 0) is 25.5 Å². The highest BCUT2D eigenvalue weighted by Crippen LogP contribution is 2.17. The first kappa shape index (κ1) is 15.1. The molecule has 3 heterocycles. The summed E-state index contributed by atoms with van der Waals surface area (Å²) in [4.78, 5) is 33.3. The number of hydrogen-bond acceptors (Lipinski definition) is 6. The molecule has 1 saturated heterocycles. The summed E-state index contributed by atoms with van der Waals surface area (Å²) >= 11 is 0. The summed E-state index contributed by atoms with van der Waals surface area (Å²) in [6.07, 6.45) is 4.61. The number of carbonyl (C=O) groups excluding carboxylic acids is 2. The molecule has 0 spiro atoms. The van der Waals surface area contributed by atoms with Gasteiger partial charge >= 0.3 is 0 Å². The fraction of sp³-hybridized carbons (Fsp3) is 0.400. The Morgan fingerprint density at radius 3 is 2.91 bits per heavy atom. The van der Waals surface area contributed by atoms with Crippen LogP contribution in [0.4, 0.5) is 0 Å². The van der Waals surface area contributed by atoms with E-state index in [4.69, 9.17) is 4.52 Å². The van der Waals surface area contributed by atoms with Gasteiger partial charge in [0.15, 0.2) is 0 Å². The molecule has 1 fully saturated rings. The molecule has 1 N–H and O–H groups in total. The summed E-state index contributed by atoms with van der Waals surface area (Å²) in [6.45, 7) is 2.45. The molecule has 2 amide bonds. The van der Waals surface area contributed by atoms with Crippen molar-refractivity contribution < 1.29 is 14.1 Å². The maximum atomic E-state index is 12.0. The monoisotopic (exact) mass is 315 g/mol. The van der Waals surface area contributed by atoms with Gasteiger partial charge < -0.3 is 14.7 Å². The largest absolute Gasteiger partial charge is 0.343 e. The first-order valence-electron chi connectivity index (χ1n) is 7.44. The van der Waals surface area contributed by atoms with Crippen molar-refractivity contribution in [2.75, 3.05) is 13.1 Å². The number of carbonyl (C=O) groups is 2. The maximum absolute atomic E-state index is 12.0. The van der Waals surface area contributed by atoms with Crippen molar-refractivity contribution in [1.29, 1.82) is 0 Å². The van der Waals surface area contributed by atoms with Gasteiger partial charge in [0.05, 0.1) is 6.54 Å². The molecule has 23 heavy (non-hydrogen) atoms. The molecule has 0 bridgehead atoms. The normalized spacial score (nSPS) is 15.7. The lowest BCUT2D eigenvalue weighted by atomic mass is 10.2. The predicted molar refractivity (Wildman–Crippen MR) is 79.9 cm³/mol. The number of rotatable bonds is 5. The third kappa shape index (κ3) is 3.53. The molecule has 3 rings (SSSR count). The summed E-state index contributed by atoms with van der Waals surface area (Å²) in [7, 11) is 0. The highest BCUT2D eigenvalue weighted by Gasteiger charge is 2.24. The summed E-state index contributed by atoms with van der Waals surface area (Å²) in [5.41, 5.74) is 0.788. The zero-order chi connectivity index (χ0) is 16.2. The maximum Gasteiger partial charge on any atom is 0.249 e. The highest BCUT2D eigenvalue weighted by atomic mass is 16.5. The van der Waals surface area contributed by atoms with Crippen molar-refractivity contribution in [3.63, 3.8) is 0 Å². The lowest BCUT2D eigenvalue weighted by Gasteiger charge is -2.16. The van der Waals surface area contributed by atoms with Crippen LogP contribution >= 0.6 is 0 Å². The Bertz CT molecular complexity index is 700. The minimum Gasteiger partial charge on any atom is -0.343 e. The fourth-order valence-corrected chi connectivity index (χ4v) is 2.42. The Hall–Kier alpha value is -2.77. The van der Waals surface area contributed by atoms with Gasteiger partial charge in [-0.25, -0.2) is 0 Å². The zero-order valence-corrected chi connectivity index (χ0v) is 12.7. The van der Waals surface area contributed by atoms with E-state index >= 15 is 0 Å². The standard InChI is InChI=1S/C15H17N5O3/c1-10(17-12(21)9-20-8-2-3-13(20)22)15-18-14(19-23-15)11-4-6-16-7-5-11/h4-7,10H,2-3,8-9H2,1H3,(H,17,21)/t10-/m0/s1. The molecule has 8 heteroatoms. The van der Waals surface area contributed by atoms with Crippen molar-refractivity contribution in [3.8, 4) is 11.4 Å². The van der Waals surface area contributed by atoms with Crippen LogP contribution in [0, 0.1) is 0 Å². The molecule has 8 nitrogen and oxygen atoms in total. The lowest BCUT2D eigenvalue weighted by molar-refractivity contribution is -0.133. The van der Waals surface area contributed by atoms with E-state index in [1.807, 2.05) is 0 Å². The molecule has 2 aromatic heterocycles. The minimum atomic E-state index is -0.428. The highest BCUT2D eigenvalue weighted by molar-refractivity contribution is 5.85. The van der Waals surface area contributed by atoms with Crippen LogP contribution in [-0.4, -0.2) is 44.9 Å². The third-order valence-electron chi connectivity index (χ3n) is 3.63. The Morgan fingerprint density at radius 2 is 2.22 bits per heavy atom. The van der Waals surface area contributed by atoms with Crippen molar-refractivity contribution in [2.24, 2.45) is 0 Å². The van der Waals surface area contributed by atoms with Gasteiger partial charge in [-0.1, -0.05) is 5.16 Å². The fourth-order valence-electron chi connectivity index (χ4n) is 2.42. The van der Waals surface area contributed by atoms with Gasteiger partial charge in [0.1, 0.15) is 6.04 Å². The number of amides is 2. The summed E-state index contributed by atoms with van der Waals surface area (Å²) in [5.74, 6) is 0.540. The number of aromatic nitrogens is 3. The van der Waals surface area contributed by atoms with Crippen molar-refractivity contribution in [3.05, 3.63) is 30.4 Å². The molecule has 0 unspecified atom stereocenters. The van der Waals surface area contributed by atoms with Crippen LogP contribution in [0.25, 0.3) is 11.4 Å². The van der Waals surface area contributed by atoms with E-state index < -0.39 is 6.04 Å². The summed E-state index contributed by atoms with van der Waals surface area (Å²) < 4.78 is 5.20. The van der Waals surface area contributed by atoms with Gasteiger partial charge in [-0.2, -0.15) is 4.98 Å². The van der Waals surface area contributed by atoms with Crippen LogP contribution in [0.5, 0.6) is 0 Å². The Balaban J connectivity index is 1.60. The van der Waals surface area contributed by atoms with Crippen molar-refractivity contribution >= 4 is 11.8 Å².